The van der Waals surface area contributed by atoms with Crippen molar-refractivity contribution in [3.8, 4) is 5.75 Å². The summed E-state index contributed by atoms with van der Waals surface area (Å²) >= 11 is 0. The maximum absolute atomic E-state index is 5.24. The summed E-state index contributed by atoms with van der Waals surface area (Å²) in [5.41, 5.74) is 2.54. The van der Waals surface area contributed by atoms with Crippen LogP contribution in [0.1, 0.15) is 42.5 Å². The van der Waals surface area contributed by atoms with Crippen LogP contribution in [-0.4, -0.2) is 40.4 Å². The average molecular weight is 435 g/mol. The molecule has 0 amide bonds. The summed E-state index contributed by atoms with van der Waals surface area (Å²) in [6, 6.07) is 18.9. The SMILES string of the molecule is COc1ccc(CCNC(=NCc2nnc(C)n2C)NC(C)C(C)c2ccccc2)cc1. The van der Waals surface area contributed by atoms with Crippen LogP contribution in [0.15, 0.2) is 59.6 Å². The lowest BCUT2D eigenvalue weighted by atomic mass is 9.94. The lowest BCUT2D eigenvalue weighted by Gasteiger charge is -2.24. The standard InChI is InChI=1S/C25H34N6O/c1-18(22-9-7-6-8-10-22)19(2)28-25(27-17-24-30-29-20(3)31(24)4)26-16-15-21-11-13-23(32-5)14-12-21/h6-14,18-19H,15-17H2,1-5H3,(H2,26,27,28). The zero-order valence-corrected chi connectivity index (χ0v) is 19.7. The predicted octanol–water partition coefficient (Wildman–Crippen LogP) is 3.60. The minimum absolute atomic E-state index is 0.200. The van der Waals surface area contributed by atoms with Crippen LogP contribution in [0, 0.1) is 6.92 Å². The highest BCUT2D eigenvalue weighted by molar-refractivity contribution is 5.80. The van der Waals surface area contributed by atoms with E-state index in [2.05, 4.69) is 71.1 Å². The first kappa shape index (κ1) is 23.3. The van der Waals surface area contributed by atoms with Gasteiger partial charge in [-0.3, -0.25) is 0 Å². The molecule has 7 nitrogen and oxygen atoms in total. The van der Waals surface area contributed by atoms with Crippen LogP contribution in [0.3, 0.4) is 0 Å². The fourth-order valence-corrected chi connectivity index (χ4v) is 3.39. The Balaban J connectivity index is 1.66. The second kappa shape index (κ2) is 11.3. The van der Waals surface area contributed by atoms with Crippen LogP contribution in [0.25, 0.3) is 0 Å². The Morgan fingerprint density at radius 1 is 1.06 bits per heavy atom. The first-order chi connectivity index (χ1) is 15.5. The van der Waals surface area contributed by atoms with E-state index in [1.807, 2.05) is 36.7 Å². The van der Waals surface area contributed by atoms with Gasteiger partial charge < -0.3 is 19.9 Å². The fraction of sp³-hybridized carbons (Fsp3) is 0.400. The van der Waals surface area contributed by atoms with Gasteiger partial charge in [0.25, 0.3) is 0 Å². The van der Waals surface area contributed by atoms with E-state index in [0.717, 1.165) is 36.3 Å². The molecule has 2 unspecified atom stereocenters. The molecule has 0 aliphatic rings. The molecule has 170 valence electrons. The lowest BCUT2D eigenvalue weighted by molar-refractivity contribution is 0.414. The molecule has 32 heavy (non-hydrogen) atoms. The Morgan fingerprint density at radius 2 is 1.78 bits per heavy atom. The molecule has 2 aromatic carbocycles. The Bertz CT molecular complexity index is 997. The predicted molar refractivity (Wildman–Crippen MR) is 129 cm³/mol. The molecule has 0 saturated carbocycles. The number of benzene rings is 2. The second-order valence-electron chi connectivity index (χ2n) is 8.04. The second-order valence-corrected chi connectivity index (χ2v) is 8.04. The summed E-state index contributed by atoms with van der Waals surface area (Å²) in [6.45, 7) is 7.58. The van der Waals surface area contributed by atoms with Crippen LogP contribution < -0.4 is 15.4 Å². The number of aliphatic imine (C=N–C) groups is 1. The lowest BCUT2D eigenvalue weighted by Crippen LogP contribution is -2.45. The van der Waals surface area contributed by atoms with Gasteiger partial charge >= 0.3 is 0 Å². The van der Waals surface area contributed by atoms with Gasteiger partial charge in [-0.25, -0.2) is 4.99 Å². The van der Waals surface area contributed by atoms with Gasteiger partial charge in [0.1, 0.15) is 18.1 Å². The summed E-state index contributed by atoms with van der Waals surface area (Å²) in [5.74, 6) is 3.69. The molecule has 0 aliphatic carbocycles. The molecule has 2 N–H and O–H groups in total. The number of nitrogens with one attached hydrogen (secondary N) is 2. The van der Waals surface area contributed by atoms with Crippen LogP contribution in [0.4, 0.5) is 0 Å². The minimum atomic E-state index is 0.200. The van der Waals surface area contributed by atoms with Crippen molar-refractivity contribution in [1.82, 2.24) is 25.4 Å². The number of aryl methyl sites for hydroxylation is 1. The van der Waals surface area contributed by atoms with Crippen molar-refractivity contribution in [2.24, 2.45) is 12.0 Å². The van der Waals surface area contributed by atoms with Crippen molar-refractivity contribution in [2.45, 2.75) is 45.7 Å². The van der Waals surface area contributed by atoms with E-state index in [1.54, 1.807) is 7.11 Å². The zero-order chi connectivity index (χ0) is 22.9. The van der Waals surface area contributed by atoms with Gasteiger partial charge in [-0.1, -0.05) is 49.4 Å². The van der Waals surface area contributed by atoms with E-state index in [1.165, 1.54) is 11.1 Å². The van der Waals surface area contributed by atoms with Crippen LogP contribution >= 0.6 is 0 Å². The summed E-state index contributed by atoms with van der Waals surface area (Å²) in [4.78, 5) is 4.79. The minimum Gasteiger partial charge on any atom is -0.497 e. The molecule has 3 aromatic rings. The van der Waals surface area contributed by atoms with Gasteiger partial charge in [-0.15, -0.1) is 10.2 Å². The molecule has 7 heteroatoms. The Hall–Kier alpha value is -3.35. The summed E-state index contributed by atoms with van der Waals surface area (Å²) in [7, 11) is 3.64. The fourth-order valence-electron chi connectivity index (χ4n) is 3.39. The van der Waals surface area contributed by atoms with Crippen molar-refractivity contribution >= 4 is 5.96 Å². The van der Waals surface area contributed by atoms with Gasteiger partial charge in [0.05, 0.1) is 7.11 Å². The monoisotopic (exact) mass is 434 g/mol. The van der Waals surface area contributed by atoms with Crippen molar-refractivity contribution in [2.75, 3.05) is 13.7 Å². The third kappa shape index (κ3) is 6.33. The number of guanidine groups is 1. The highest BCUT2D eigenvalue weighted by Crippen LogP contribution is 2.18. The van der Waals surface area contributed by atoms with E-state index in [4.69, 9.17) is 9.73 Å². The van der Waals surface area contributed by atoms with Crippen molar-refractivity contribution in [3.05, 3.63) is 77.4 Å². The average Bonchev–Trinajstić information content (AvgIpc) is 3.15. The molecule has 0 spiro atoms. The van der Waals surface area contributed by atoms with Crippen LogP contribution in [-0.2, 0) is 20.0 Å². The van der Waals surface area contributed by atoms with E-state index >= 15 is 0 Å². The smallest absolute Gasteiger partial charge is 0.191 e. The Kier molecular flexibility index (Phi) is 8.25. The Labute approximate surface area is 190 Å². The van der Waals surface area contributed by atoms with Gasteiger partial charge in [0.2, 0.25) is 0 Å². The Morgan fingerprint density at radius 3 is 2.41 bits per heavy atom. The number of nitrogens with zero attached hydrogens (tertiary/aromatic N) is 4. The molecule has 0 radical (unpaired) electrons. The molecule has 1 heterocycles. The molecule has 2 atom stereocenters. The summed E-state index contributed by atoms with van der Waals surface area (Å²) in [5, 5.41) is 15.4. The quantitative estimate of drug-likeness (QED) is 0.398. The molecular formula is C25H34N6O. The molecule has 0 saturated heterocycles. The van der Waals surface area contributed by atoms with E-state index in [-0.39, 0.29) is 6.04 Å². The molecule has 0 aliphatic heterocycles. The number of ether oxygens (including phenoxy) is 1. The van der Waals surface area contributed by atoms with Crippen molar-refractivity contribution in [1.29, 1.82) is 0 Å². The highest BCUT2D eigenvalue weighted by atomic mass is 16.5. The molecule has 1 aromatic heterocycles. The summed E-state index contributed by atoms with van der Waals surface area (Å²) in [6.07, 6.45) is 0.885. The number of rotatable bonds is 9. The van der Waals surface area contributed by atoms with Gasteiger partial charge in [0, 0.05) is 25.6 Å². The zero-order valence-electron chi connectivity index (χ0n) is 19.7. The largest absolute Gasteiger partial charge is 0.497 e. The van der Waals surface area contributed by atoms with Crippen LogP contribution in [0.5, 0.6) is 5.75 Å². The van der Waals surface area contributed by atoms with Gasteiger partial charge in [-0.05, 0) is 43.5 Å². The maximum atomic E-state index is 5.24. The van der Waals surface area contributed by atoms with Crippen molar-refractivity contribution in [3.63, 3.8) is 0 Å². The number of aromatic nitrogens is 3. The first-order valence-corrected chi connectivity index (χ1v) is 11.1. The van der Waals surface area contributed by atoms with Crippen molar-refractivity contribution < 1.29 is 4.74 Å². The van der Waals surface area contributed by atoms with Gasteiger partial charge in [0.15, 0.2) is 11.8 Å². The van der Waals surface area contributed by atoms with Crippen LogP contribution in [0.2, 0.25) is 0 Å². The third-order valence-electron chi connectivity index (χ3n) is 5.87. The molecule has 0 bridgehead atoms. The molecule has 3 rings (SSSR count). The van der Waals surface area contributed by atoms with Gasteiger partial charge in [-0.2, -0.15) is 0 Å². The maximum Gasteiger partial charge on any atom is 0.191 e. The van der Waals surface area contributed by atoms with E-state index in [0.29, 0.717) is 12.5 Å². The normalized spacial score (nSPS) is 13.5. The molecule has 0 fully saturated rings. The highest BCUT2D eigenvalue weighted by Gasteiger charge is 2.16. The molecular weight excluding hydrogens is 400 g/mol. The number of methoxy groups -OCH3 is 1. The number of hydrogen-bond acceptors (Lipinski definition) is 4. The summed E-state index contributed by atoms with van der Waals surface area (Å²) < 4.78 is 7.21. The van der Waals surface area contributed by atoms with E-state index in [9.17, 15) is 0 Å². The van der Waals surface area contributed by atoms with E-state index < -0.39 is 0 Å². The topological polar surface area (TPSA) is 76.4 Å². The first-order valence-electron chi connectivity index (χ1n) is 11.1. The number of hydrogen-bond donors (Lipinski definition) is 2. The third-order valence-corrected chi connectivity index (χ3v) is 5.87.